The maximum absolute atomic E-state index is 14.4. The van der Waals surface area contributed by atoms with E-state index in [4.69, 9.17) is 18.9 Å². The van der Waals surface area contributed by atoms with Gasteiger partial charge in [0.15, 0.2) is 33.7 Å². The van der Waals surface area contributed by atoms with Gasteiger partial charge in [-0.2, -0.15) is 16.8 Å². The molecule has 2 aromatic rings. The number of benzene rings is 2. The zero-order chi connectivity index (χ0) is 41.3. The van der Waals surface area contributed by atoms with Crippen molar-refractivity contribution in [3.8, 4) is 23.0 Å². The minimum absolute atomic E-state index is 0.0660. The normalized spacial score (nSPS) is 22.7. The van der Waals surface area contributed by atoms with Crippen LogP contribution in [0.25, 0.3) is 0 Å². The van der Waals surface area contributed by atoms with Crippen LogP contribution in [0.15, 0.2) is 24.3 Å². The average molecular weight is 858 g/mol. The first kappa shape index (κ1) is 42.3. The van der Waals surface area contributed by atoms with E-state index in [9.17, 15) is 44.9 Å². The highest BCUT2D eigenvalue weighted by Crippen LogP contribution is 2.46. The lowest BCUT2D eigenvalue weighted by Crippen LogP contribution is -2.47. The maximum Gasteiger partial charge on any atom is 0.288 e. The Bertz CT molecular complexity index is 2030. The van der Waals surface area contributed by atoms with Crippen molar-refractivity contribution in [1.82, 2.24) is 15.1 Å². The Morgan fingerprint density at radius 3 is 1.61 bits per heavy atom. The highest BCUT2D eigenvalue weighted by molar-refractivity contribution is 7.86. The van der Waals surface area contributed by atoms with Gasteiger partial charge in [0.2, 0.25) is 5.91 Å². The van der Waals surface area contributed by atoms with Crippen molar-refractivity contribution in [2.75, 3.05) is 69.8 Å². The van der Waals surface area contributed by atoms with Gasteiger partial charge in [-0.25, -0.2) is 0 Å². The number of nitrogens with one attached hydrogen (secondary N) is 3. The molecule has 4 heterocycles. The Balaban J connectivity index is 1.20. The number of nitrogens with zero attached hydrogens (tertiary/aromatic N) is 2. The molecule has 19 nitrogen and oxygen atoms in total. The minimum atomic E-state index is -4.63. The van der Waals surface area contributed by atoms with E-state index >= 15 is 0 Å². The fourth-order valence-electron chi connectivity index (χ4n) is 7.79. The maximum atomic E-state index is 14.4. The summed E-state index contributed by atoms with van der Waals surface area (Å²) in [6.45, 7) is 2.13. The van der Waals surface area contributed by atoms with Crippen LogP contribution in [0.2, 0.25) is 0 Å². The van der Waals surface area contributed by atoms with E-state index in [1.165, 1.54) is 48.3 Å². The van der Waals surface area contributed by atoms with Gasteiger partial charge in [0.25, 0.3) is 32.1 Å². The van der Waals surface area contributed by atoms with E-state index in [-0.39, 0.29) is 89.7 Å². The van der Waals surface area contributed by atoms with Crippen LogP contribution in [0.5, 0.6) is 23.0 Å². The van der Waals surface area contributed by atoms with Crippen molar-refractivity contribution in [2.45, 2.75) is 68.3 Å². The van der Waals surface area contributed by atoms with E-state index in [1.54, 1.807) is 0 Å². The third kappa shape index (κ3) is 9.06. The average Bonchev–Trinajstić information content (AvgIpc) is 3.80. The number of rotatable bonds is 16. The summed E-state index contributed by atoms with van der Waals surface area (Å²) in [5.41, 5.74) is 0.455. The lowest BCUT2D eigenvalue weighted by atomic mass is 10.1. The van der Waals surface area contributed by atoms with E-state index in [0.717, 1.165) is 0 Å². The van der Waals surface area contributed by atoms with Gasteiger partial charge in [0, 0.05) is 44.0 Å². The summed E-state index contributed by atoms with van der Waals surface area (Å²) in [6, 6.07) is 4.04. The molecular formula is C35H48N5O14PS2. The Morgan fingerprint density at radius 2 is 1.23 bits per heavy atom. The van der Waals surface area contributed by atoms with Crippen LogP contribution in [-0.4, -0.2) is 135 Å². The summed E-state index contributed by atoms with van der Waals surface area (Å²) in [5, 5.41) is 5.38. The van der Waals surface area contributed by atoms with Gasteiger partial charge in [-0.1, -0.05) is 6.92 Å². The molecule has 2 aromatic carbocycles. The first-order valence-electron chi connectivity index (χ1n) is 18.6. The summed E-state index contributed by atoms with van der Waals surface area (Å²) >= 11 is 0. The third-order valence-electron chi connectivity index (χ3n) is 10.7. The molecule has 6 rings (SSSR count). The summed E-state index contributed by atoms with van der Waals surface area (Å²) in [4.78, 5) is 42.3. The van der Waals surface area contributed by atoms with Gasteiger partial charge in [-0.15, -0.1) is 0 Å². The molecular weight excluding hydrogens is 810 g/mol. The molecule has 2 saturated heterocycles. The van der Waals surface area contributed by atoms with Crippen LogP contribution in [0.3, 0.4) is 0 Å². The third-order valence-corrected chi connectivity index (χ3v) is 15.6. The Kier molecular flexibility index (Phi) is 12.5. The lowest BCUT2D eigenvalue weighted by molar-refractivity contribution is -0.120. The largest absolute Gasteiger partial charge is 0.493 e. The molecule has 3 amide bonds. The number of amides is 3. The molecule has 57 heavy (non-hydrogen) atoms. The van der Waals surface area contributed by atoms with Gasteiger partial charge in [-0.3, -0.25) is 23.5 Å². The number of hydrogen-bond acceptors (Lipinski definition) is 14. The molecule has 2 unspecified atom stereocenters. The van der Waals surface area contributed by atoms with E-state index in [0.29, 0.717) is 45.2 Å². The molecule has 5 N–H and O–H groups in total. The topological polar surface area (TPSA) is 257 Å². The SMILES string of the molecule is CCCC(=O)NCP(=O)(CCOc1cc2c(cc1OC)C(=O)N1CCC[C@H]1C(S(=O)(=O)O)N2)CCOc1cc2c(cc1OC)C(=O)N1CCC[C@H]1C(S(=O)(=O)O)N2. The van der Waals surface area contributed by atoms with Gasteiger partial charge in [-0.05, 0) is 44.2 Å². The Morgan fingerprint density at radius 1 is 0.789 bits per heavy atom. The van der Waals surface area contributed by atoms with Crippen molar-refractivity contribution in [1.29, 1.82) is 0 Å². The molecule has 0 saturated carbocycles. The molecule has 4 aliphatic heterocycles. The van der Waals surface area contributed by atoms with Crippen molar-refractivity contribution in [2.24, 2.45) is 0 Å². The monoisotopic (exact) mass is 857 g/mol. The number of carbonyl (C=O) groups excluding carboxylic acids is 3. The molecule has 4 atom stereocenters. The number of carbonyl (C=O) groups is 3. The van der Waals surface area contributed by atoms with Gasteiger partial charge >= 0.3 is 0 Å². The van der Waals surface area contributed by atoms with Crippen molar-refractivity contribution >= 4 is 56.5 Å². The zero-order valence-electron chi connectivity index (χ0n) is 31.8. The lowest BCUT2D eigenvalue weighted by Gasteiger charge is -2.27. The van der Waals surface area contributed by atoms with E-state index < -0.39 is 62.0 Å². The predicted octanol–water partition coefficient (Wildman–Crippen LogP) is 2.89. The Labute approximate surface area is 331 Å². The van der Waals surface area contributed by atoms with E-state index in [2.05, 4.69) is 16.0 Å². The number of fused-ring (bicyclic) bond motifs is 4. The molecule has 314 valence electrons. The summed E-state index contributed by atoms with van der Waals surface area (Å²) in [5.74, 6) is -0.659. The fraction of sp³-hybridized carbons (Fsp3) is 0.571. The molecule has 0 radical (unpaired) electrons. The molecule has 2 fully saturated rings. The standard InChI is InChI=1S/C35H48N5O14PS2/c1-4-7-31(41)36-20-55(44,14-12-53-29-18-23-21(16-27(29)51-2)34(42)39-10-5-8-25(39)32(37-23)56(45,46)47)15-13-54-30-19-24-22(17-28(30)52-3)35(43)40-11-6-9-26(40)33(38-24)57(48,49)50/h16-19,25-26,32-33,37-38H,4-15,20H2,1-3H3,(H,36,41)(H,45,46,47)(H,48,49,50)/t25-,26-,32?,33?,55?/m0/s1. The number of ether oxygens (including phenoxy) is 4. The molecule has 0 spiro atoms. The van der Waals surface area contributed by atoms with Gasteiger partial charge in [0.05, 0.1) is 68.3 Å². The van der Waals surface area contributed by atoms with Crippen molar-refractivity contribution in [3.63, 3.8) is 0 Å². The number of hydrogen-bond donors (Lipinski definition) is 5. The second-order valence-corrected chi connectivity index (χ2v) is 20.8. The second-order valence-electron chi connectivity index (χ2n) is 14.4. The van der Waals surface area contributed by atoms with Crippen LogP contribution < -0.4 is 34.9 Å². The fourth-order valence-corrected chi connectivity index (χ4v) is 11.6. The van der Waals surface area contributed by atoms with Gasteiger partial charge in [0.1, 0.15) is 7.14 Å². The minimum Gasteiger partial charge on any atom is -0.493 e. The zero-order valence-corrected chi connectivity index (χ0v) is 34.3. The quantitative estimate of drug-likeness (QED) is 0.120. The molecule has 22 heteroatoms. The van der Waals surface area contributed by atoms with Crippen LogP contribution in [-0.2, 0) is 29.6 Å². The van der Waals surface area contributed by atoms with Crippen LogP contribution in [0.1, 0.15) is 66.2 Å². The van der Waals surface area contributed by atoms with Crippen molar-refractivity contribution in [3.05, 3.63) is 35.4 Å². The first-order chi connectivity index (χ1) is 27.0. The highest BCUT2D eigenvalue weighted by Gasteiger charge is 2.46. The summed E-state index contributed by atoms with van der Waals surface area (Å²) in [6.07, 6.45) is 2.34. The Hall–Kier alpha value is -4.30. The number of methoxy groups -OCH3 is 2. The van der Waals surface area contributed by atoms with Crippen LogP contribution in [0, 0.1) is 0 Å². The van der Waals surface area contributed by atoms with Crippen LogP contribution >= 0.6 is 7.14 Å². The summed E-state index contributed by atoms with van der Waals surface area (Å²) < 4.78 is 107. The van der Waals surface area contributed by atoms with Crippen molar-refractivity contribution < 1.29 is 63.8 Å². The second kappa shape index (κ2) is 16.9. The first-order valence-corrected chi connectivity index (χ1v) is 23.9. The van der Waals surface area contributed by atoms with Gasteiger partial charge < -0.3 is 49.3 Å². The van der Waals surface area contributed by atoms with Crippen LogP contribution in [0.4, 0.5) is 11.4 Å². The highest BCUT2D eigenvalue weighted by atomic mass is 32.2. The summed E-state index contributed by atoms with van der Waals surface area (Å²) in [7, 11) is -9.86. The molecule has 4 aliphatic rings. The number of anilines is 2. The molecule has 0 bridgehead atoms. The predicted molar refractivity (Wildman–Crippen MR) is 208 cm³/mol. The van der Waals surface area contributed by atoms with E-state index in [1.807, 2.05) is 6.92 Å². The molecule has 0 aromatic heterocycles. The smallest absolute Gasteiger partial charge is 0.288 e. The molecule has 0 aliphatic carbocycles.